The van der Waals surface area contributed by atoms with Gasteiger partial charge in [0.25, 0.3) is 0 Å². The number of phenols is 1. The number of carbonyl (C=O) groups excluding carboxylic acids is 10. The Hall–Kier alpha value is -7.52. The second kappa shape index (κ2) is 31.9. The molecule has 0 aromatic heterocycles. The Morgan fingerprint density at radius 1 is 0.700 bits per heavy atom. The highest BCUT2D eigenvalue weighted by molar-refractivity contribution is 7.80. The van der Waals surface area contributed by atoms with Gasteiger partial charge in [-0.15, -0.1) is 0 Å². The van der Waals surface area contributed by atoms with Crippen LogP contribution in [0.1, 0.15) is 96.1 Å². The number of hydrogen-bond acceptors (Lipinski definition) is 15. The maximum absolute atomic E-state index is 15.0. The summed E-state index contributed by atoms with van der Waals surface area (Å²) in [7, 11) is 0. The highest BCUT2D eigenvalue weighted by atomic mass is 32.1. The SMILES string of the molecule is CCC[C@H](NC(=O)[C@@H](NC(=O)[C@@H]1C[C@@H](O)CN1C(=O)[C@@H]1CCCN1C(=O)[C@H](Cc1ccccc1)NC(=O)[C@H](Cc1ccc(O)cc1)NC(=O)[C@H](CCC(N)=O)NC(=O)[C@H](CCCNC(N)=O)NC(=O)[C@@H](N)CS)[C@@H](C)CC)C(=O)O. The number of nitrogens with two attached hydrogens (primary N) is 3. The highest BCUT2D eigenvalue weighted by Gasteiger charge is 2.47. The summed E-state index contributed by atoms with van der Waals surface area (Å²) in [5.41, 5.74) is 17.5. The van der Waals surface area contributed by atoms with Gasteiger partial charge in [-0.2, -0.15) is 12.6 Å². The first kappa shape index (κ1) is 65.0. The number of aliphatic hydroxyl groups excluding tert-OH is 1. The molecule has 4 rings (SSSR count). The molecule has 0 saturated carbocycles. The van der Waals surface area contributed by atoms with Crippen LogP contribution in [0.25, 0.3) is 0 Å². The number of β-amino-alcohol motifs (C(OH)–C–C–N with tert-alkyl or cyclic N) is 1. The third-order valence-corrected chi connectivity index (χ3v) is 14.4. The van der Waals surface area contributed by atoms with E-state index in [1.54, 1.807) is 51.1 Å². The third-order valence-electron chi connectivity index (χ3n) is 14.0. The van der Waals surface area contributed by atoms with Gasteiger partial charge in [0.1, 0.15) is 54.1 Å². The minimum Gasteiger partial charge on any atom is -0.508 e. The molecule has 2 fully saturated rings. The molecule has 0 aliphatic carbocycles. The van der Waals surface area contributed by atoms with Crippen LogP contribution in [0.15, 0.2) is 54.6 Å². The molecule has 16 N–H and O–H groups in total. The van der Waals surface area contributed by atoms with Gasteiger partial charge in [-0.1, -0.05) is 76.1 Å². The number of benzene rings is 2. The van der Waals surface area contributed by atoms with E-state index in [2.05, 4.69) is 49.8 Å². The quantitative estimate of drug-likeness (QED) is 0.0285. The Labute approximate surface area is 469 Å². The van der Waals surface area contributed by atoms with E-state index in [1.165, 1.54) is 29.2 Å². The van der Waals surface area contributed by atoms with Crippen LogP contribution >= 0.6 is 12.6 Å². The Bertz CT molecular complexity index is 2490. The molecule has 0 unspecified atom stereocenters. The van der Waals surface area contributed by atoms with Crippen LogP contribution in [0.5, 0.6) is 5.75 Å². The van der Waals surface area contributed by atoms with Crippen LogP contribution in [0.4, 0.5) is 4.79 Å². The zero-order valence-electron chi connectivity index (χ0n) is 45.3. The van der Waals surface area contributed by atoms with Crippen molar-refractivity contribution in [2.24, 2.45) is 23.1 Å². The molecular formula is C53H78N12O14S. The lowest BCUT2D eigenvalue weighted by Crippen LogP contribution is -2.61. The highest BCUT2D eigenvalue weighted by Crippen LogP contribution is 2.27. The summed E-state index contributed by atoms with van der Waals surface area (Å²) in [4.78, 5) is 151. The van der Waals surface area contributed by atoms with Crippen molar-refractivity contribution < 1.29 is 68.1 Å². The average molecular weight is 1140 g/mol. The van der Waals surface area contributed by atoms with E-state index in [0.717, 1.165) is 4.90 Å². The summed E-state index contributed by atoms with van der Waals surface area (Å²) >= 11 is 4.04. The molecule has 0 radical (unpaired) electrons. The topological polar surface area (TPSA) is 417 Å². The number of primary amides is 2. The van der Waals surface area contributed by atoms with E-state index in [1.807, 2.05) is 0 Å². The van der Waals surface area contributed by atoms with Crippen molar-refractivity contribution in [2.75, 3.05) is 25.4 Å². The number of aliphatic carboxylic acids is 1. The standard InChI is InChI=1S/C53H78N12O14S/c1-4-11-37(52(77)78)60-49(74)43(29(3)5-2)63-48(73)41-26-33(67)27-65(41)51(76)40-15-10-23-64(40)50(75)39(25-30-12-7-6-8-13-30)62-47(72)38(24-31-16-18-32(66)19-17-31)61-46(71)36(20-21-42(55)68)59-45(70)35(14-9-22-57-53(56)79)58-44(69)34(54)28-80/h6-8,12-13,16-19,29,33-41,43,66-67,80H,4-5,9-11,14-15,20-28,54H2,1-3H3,(H2,55,68)(H,58,69)(H,59,70)(H,60,74)(H,61,71)(H,62,72)(H,63,73)(H,77,78)(H3,56,57,79)/t29-,33+,34-,35-,36-,37-,38-,39-,40-,41-,43-/m0/s1. The summed E-state index contributed by atoms with van der Waals surface area (Å²) in [6.07, 6.45) is -1.01. The fourth-order valence-corrected chi connectivity index (χ4v) is 9.56. The van der Waals surface area contributed by atoms with Gasteiger partial charge in [0, 0.05) is 51.1 Å². The molecule has 440 valence electrons. The van der Waals surface area contributed by atoms with Crippen LogP contribution in [-0.4, -0.2) is 176 Å². The van der Waals surface area contributed by atoms with Gasteiger partial charge in [0.15, 0.2) is 0 Å². The van der Waals surface area contributed by atoms with Crippen molar-refractivity contribution in [2.45, 2.75) is 158 Å². The van der Waals surface area contributed by atoms with Crippen LogP contribution in [0, 0.1) is 5.92 Å². The molecule has 2 heterocycles. The van der Waals surface area contributed by atoms with Crippen molar-refractivity contribution in [3.8, 4) is 5.75 Å². The molecule has 80 heavy (non-hydrogen) atoms. The molecule has 0 spiro atoms. The van der Waals surface area contributed by atoms with Crippen molar-refractivity contribution in [3.63, 3.8) is 0 Å². The number of amides is 11. The van der Waals surface area contributed by atoms with E-state index in [4.69, 9.17) is 17.2 Å². The van der Waals surface area contributed by atoms with E-state index < -0.39 is 138 Å². The minimum atomic E-state index is -1.56. The third kappa shape index (κ3) is 19.7. The molecule has 26 nitrogen and oxygen atoms in total. The van der Waals surface area contributed by atoms with Gasteiger partial charge in [0.2, 0.25) is 53.2 Å². The second-order valence-electron chi connectivity index (χ2n) is 20.2. The molecule has 11 amide bonds. The summed E-state index contributed by atoms with van der Waals surface area (Å²) in [5.74, 6) is -9.16. The number of thiol groups is 1. The van der Waals surface area contributed by atoms with Crippen LogP contribution in [0.2, 0.25) is 0 Å². The first-order valence-electron chi connectivity index (χ1n) is 26.8. The number of hydrogen-bond donors (Lipinski definition) is 14. The Morgan fingerprint density at radius 2 is 1.27 bits per heavy atom. The summed E-state index contributed by atoms with van der Waals surface area (Å²) in [6.45, 7) is 5.02. The molecule has 11 atom stereocenters. The monoisotopic (exact) mass is 1140 g/mol. The molecule has 2 aromatic carbocycles. The van der Waals surface area contributed by atoms with Gasteiger partial charge in [0.05, 0.1) is 12.1 Å². The van der Waals surface area contributed by atoms with Crippen molar-refractivity contribution in [3.05, 3.63) is 65.7 Å². The lowest BCUT2D eigenvalue weighted by Gasteiger charge is -2.34. The number of phenolic OH excluding ortho intramolecular Hbond substituents is 1. The number of nitrogens with zero attached hydrogens (tertiary/aromatic N) is 2. The second-order valence-corrected chi connectivity index (χ2v) is 20.5. The van der Waals surface area contributed by atoms with E-state index in [-0.39, 0.29) is 82.5 Å². The van der Waals surface area contributed by atoms with E-state index >= 15 is 4.79 Å². The first-order valence-corrected chi connectivity index (χ1v) is 27.4. The number of aromatic hydroxyl groups is 1. The number of nitrogens with one attached hydrogen (secondary N) is 7. The zero-order valence-corrected chi connectivity index (χ0v) is 46.2. The van der Waals surface area contributed by atoms with Gasteiger partial charge >= 0.3 is 12.0 Å². The number of urea groups is 1. The van der Waals surface area contributed by atoms with Crippen LogP contribution in [-0.2, 0) is 60.8 Å². The molecular weight excluding hydrogens is 1060 g/mol. The summed E-state index contributed by atoms with van der Waals surface area (Å²) in [5, 5.41) is 48.7. The predicted molar refractivity (Wildman–Crippen MR) is 293 cm³/mol. The number of carbonyl (C=O) groups is 11. The molecule has 0 bridgehead atoms. The maximum Gasteiger partial charge on any atom is 0.326 e. The predicted octanol–water partition coefficient (Wildman–Crippen LogP) is -2.06. The fraction of sp³-hybridized carbons (Fsp3) is 0.566. The summed E-state index contributed by atoms with van der Waals surface area (Å²) < 4.78 is 0. The summed E-state index contributed by atoms with van der Waals surface area (Å²) in [6, 6.07) is 1.61. The number of rotatable bonds is 31. The van der Waals surface area contributed by atoms with Gasteiger partial charge in [-0.25, -0.2) is 9.59 Å². The van der Waals surface area contributed by atoms with E-state index in [9.17, 15) is 63.3 Å². The molecule has 2 aliphatic rings. The number of carboxylic acid groups (broad SMARTS) is 1. The van der Waals surface area contributed by atoms with Crippen LogP contribution < -0.4 is 54.4 Å². The van der Waals surface area contributed by atoms with Gasteiger partial charge < -0.3 is 79.5 Å². The Kier molecular flexibility index (Phi) is 25.9. The Balaban J connectivity index is 1.65. The van der Waals surface area contributed by atoms with Crippen LogP contribution in [0.3, 0.4) is 0 Å². The smallest absolute Gasteiger partial charge is 0.326 e. The fourth-order valence-electron chi connectivity index (χ4n) is 9.39. The van der Waals surface area contributed by atoms with Crippen molar-refractivity contribution >= 4 is 77.8 Å². The van der Waals surface area contributed by atoms with Crippen molar-refractivity contribution in [1.29, 1.82) is 0 Å². The Morgan fingerprint density at radius 3 is 1.88 bits per heavy atom. The molecule has 2 saturated heterocycles. The number of aliphatic hydroxyl groups is 1. The normalized spacial score (nSPS) is 18.9. The van der Waals surface area contributed by atoms with Gasteiger partial charge in [-0.05, 0) is 67.7 Å². The largest absolute Gasteiger partial charge is 0.508 e. The van der Waals surface area contributed by atoms with Gasteiger partial charge in [-0.3, -0.25) is 43.2 Å². The molecule has 2 aliphatic heterocycles. The number of carboxylic acids is 1. The molecule has 27 heteroatoms. The lowest BCUT2D eigenvalue weighted by molar-refractivity contribution is -0.148. The average Bonchev–Trinajstić information content (AvgIpc) is 4.19. The molecule has 2 aromatic rings. The number of likely N-dealkylation sites (tertiary alicyclic amines) is 2. The van der Waals surface area contributed by atoms with Crippen molar-refractivity contribution in [1.82, 2.24) is 47.0 Å². The first-order chi connectivity index (χ1) is 38.0. The zero-order chi connectivity index (χ0) is 59.2. The minimum absolute atomic E-state index is 0.0123. The lowest BCUT2D eigenvalue weighted by atomic mass is 9.97. The van der Waals surface area contributed by atoms with E-state index in [0.29, 0.717) is 30.4 Å². The maximum atomic E-state index is 15.0.